The Morgan fingerprint density at radius 1 is 1.17 bits per heavy atom. The number of amides is 1. The number of benzene rings is 2. The molecular formula is C20H19FN2O5S. The van der Waals surface area contributed by atoms with Gasteiger partial charge in [-0.25, -0.2) is 22.6 Å². The SMILES string of the molecule is CS(=O)(=O)c1ccc(-c2ccc3oc(C4CCN(C(=O)O)CC4)nc3c2)cc1F. The van der Waals surface area contributed by atoms with Crippen molar-refractivity contribution in [1.29, 1.82) is 0 Å². The monoisotopic (exact) mass is 418 g/mol. The molecule has 0 atom stereocenters. The molecule has 2 heterocycles. The number of carbonyl (C=O) groups is 1. The fourth-order valence-electron chi connectivity index (χ4n) is 3.60. The average molecular weight is 418 g/mol. The summed E-state index contributed by atoms with van der Waals surface area (Å²) >= 11 is 0. The molecular weight excluding hydrogens is 399 g/mol. The third-order valence-corrected chi connectivity index (χ3v) is 6.31. The lowest BCUT2D eigenvalue weighted by Crippen LogP contribution is -2.36. The van der Waals surface area contributed by atoms with Gasteiger partial charge in [0.2, 0.25) is 0 Å². The Bertz CT molecular complexity index is 1200. The van der Waals surface area contributed by atoms with Crippen LogP contribution in [-0.2, 0) is 9.84 Å². The van der Waals surface area contributed by atoms with Crippen LogP contribution in [0.5, 0.6) is 0 Å². The highest BCUT2D eigenvalue weighted by Crippen LogP contribution is 2.32. The molecule has 1 N–H and O–H groups in total. The highest BCUT2D eigenvalue weighted by Gasteiger charge is 2.27. The molecule has 3 aromatic rings. The van der Waals surface area contributed by atoms with Crippen LogP contribution >= 0.6 is 0 Å². The molecule has 7 nitrogen and oxygen atoms in total. The molecule has 0 unspecified atom stereocenters. The number of piperidine rings is 1. The number of halogens is 1. The zero-order chi connectivity index (χ0) is 20.8. The maximum atomic E-state index is 14.2. The molecule has 0 spiro atoms. The number of hydrogen-bond acceptors (Lipinski definition) is 5. The van der Waals surface area contributed by atoms with Crippen molar-refractivity contribution in [2.45, 2.75) is 23.7 Å². The molecule has 0 radical (unpaired) electrons. The summed E-state index contributed by atoms with van der Waals surface area (Å²) in [5.41, 5.74) is 2.44. The first kappa shape index (κ1) is 19.4. The summed E-state index contributed by atoms with van der Waals surface area (Å²) in [5, 5.41) is 9.06. The predicted octanol–water partition coefficient (Wildman–Crippen LogP) is 3.89. The molecule has 0 aliphatic carbocycles. The Balaban J connectivity index is 1.61. The van der Waals surface area contributed by atoms with E-state index in [0.717, 1.165) is 6.26 Å². The first-order valence-corrected chi connectivity index (χ1v) is 11.0. The van der Waals surface area contributed by atoms with Gasteiger partial charge in [0.05, 0.1) is 0 Å². The van der Waals surface area contributed by atoms with E-state index in [1.54, 1.807) is 24.3 Å². The van der Waals surface area contributed by atoms with Gasteiger partial charge in [0.1, 0.15) is 16.2 Å². The second kappa shape index (κ2) is 7.14. The van der Waals surface area contributed by atoms with Gasteiger partial charge < -0.3 is 14.4 Å². The zero-order valence-corrected chi connectivity index (χ0v) is 16.4. The van der Waals surface area contributed by atoms with E-state index < -0.39 is 21.7 Å². The van der Waals surface area contributed by atoms with Crippen LogP contribution in [0.4, 0.5) is 9.18 Å². The summed E-state index contributed by atoms with van der Waals surface area (Å²) in [6.07, 6.45) is 1.34. The Kier molecular flexibility index (Phi) is 4.77. The van der Waals surface area contributed by atoms with Gasteiger partial charge in [-0.3, -0.25) is 0 Å². The molecule has 1 saturated heterocycles. The van der Waals surface area contributed by atoms with Crippen LogP contribution in [0.2, 0.25) is 0 Å². The molecule has 0 bridgehead atoms. The van der Waals surface area contributed by atoms with E-state index in [-0.39, 0.29) is 10.8 Å². The molecule has 4 rings (SSSR count). The molecule has 1 aliphatic heterocycles. The molecule has 9 heteroatoms. The first-order chi connectivity index (χ1) is 13.7. The highest BCUT2D eigenvalue weighted by atomic mass is 32.2. The van der Waals surface area contributed by atoms with E-state index >= 15 is 0 Å². The van der Waals surface area contributed by atoms with Crippen molar-refractivity contribution in [3.63, 3.8) is 0 Å². The fraction of sp³-hybridized carbons (Fsp3) is 0.300. The van der Waals surface area contributed by atoms with Crippen molar-refractivity contribution in [3.8, 4) is 11.1 Å². The van der Waals surface area contributed by atoms with Crippen molar-refractivity contribution in [2.24, 2.45) is 0 Å². The van der Waals surface area contributed by atoms with Gasteiger partial charge in [-0.15, -0.1) is 0 Å². The Hall–Kier alpha value is -2.94. The summed E-state index contributed by atoms with van der Waals surface area (Å²) in [6, 6.07) is 9.29. The maximum Gasteiger partial charge on any atom is 0.407 e. The quantitative estimate of drug-likeness (QED) is 0.692. The number of aromatic nitrogens is 1. The van der Waals surface area contributed by atoms with E-state index in [4.69, 9.17) is 9.52 Å². The number of sulfone groups is 1. The molecule has 1 aliphatic rings. The van der Waals surface area contributed by atoms with Gasteiger partial charge in [-0.1, -0.05) is 12.1 Å². The first-order valence-electron chi connectivity index (χ1n) is 9.11. The molecule has 1 aromatic heterocycles. The Morgan fingerprint density at radius 3 is 2.45 bits per heavy atom. The standard InChI is InChI=1S/C20H19FN2O5S/c1-29(26,27)18-5-3-13(10-15(18)21)14-2-4-17-16(11-14)22-19(28-17)12-6-8-23(9-7-12)20(24)25/h2-5,10-12H,6-9H2,1H3,(H,24,25). The van der Waals surface area contributed by atoms with E-state index in [0.29, 0.717) is 54.0 Å². The third kappa shape index (κ3) is 3.82. The Labute approximate surface area is 166 Å². The maximum absolute atomic E-state index is 14.2. The minimum Gasteiger partial charge on any atom is -0.465 e. The largest absolute Gasteiger partial charge is 0.465 e. The summed E-state index contributed by atoms with van der Waals surface area (Å²) < 4.78 is 43.3. The van der Waals surface area contributed by atoms with Crippen molar-refractivity contribution >= 4 is 27.0 Å². The third-order valence-electron chi connectivity index (χ3n) is 5.18. The van der Waals surface area contributed by atoms with Crippen molar-refractivity contribution in [1.82, 2.24) is 9.88 Å². The van der Waals surface area contributed by atoms with Gasteiger partial charge >= 0.3 is 6.09 Å². The number of nitrogens with zero attached hydrogens (tertiary/aromatic N) is 2. The summed E-state index contributed by atoms with van der Waals surface area (Å²) in [7, 11) is -3.63. The number of likely N-dealkylation sites (tertiary alicyclic amines) is 1. The minimum absolute atomic E-state index is 0.0490. The van der Waals surface area contributed by atoms with Gasteiger partial charge in [0.25, 0.3) is 0 Å². The second-order valence-corrected chi connectivity index (χ2v) is 9.18. The summed E-state index contributed by atoms with van der Waals surface area (Å²) in [5.74, 6) is -0.176. The zero-order valence-electron chi connectivity index (χ0n) is 15.6. The summed E-state index contributed by atoms with van der Waals surface area (Å²) in [6.45, 7) is 0.881. The number of carboxylic acid groups (broad SMARTS) is 1. The fourth-order valence-corrected chi connectivity index (χ4v) is 4.33. The van der Waals surface area contributed by atoms with Crippen LogP contribution < -0.4 is 0 Å². The smallest absolute Gasteiger partial charge is 0.407 e. The van der Waals surface area contributed by atoms with E-state index in [1.165, 1.54) is 17.0 Å². The second-order valence-electron chi connectivity index (χ2n) is 7.20. The molecule has 1 fully saturated rings. The van der Waals surface area contributed by atoms with Crippen LogP contribution in [0, 0.1) is 5.82 Å². The lowest BCUT2D eigenvalue weighted by Gasteiger charge is -2.28. The molecule has 2 aromatic carbocycles. The van der Waals surface area contributed by atoms with Crippen LogP contribution in [0.25, 0.3) is 22.2 Å². The number of oxazole rings is 1. The lowest BCUT2D eigenvalue weighted by molar-refractivity contribution is 0.129. The van der Waals surface area contributed by atoms with Crippen molar-refractivity contribution in [2.75, 3.05) is 19.3 Å². The van der Waals surface area contributed by atoms with Crippen LogP contribution in [0.3, 0.4) is 0 Å². The van der Waals surface area contributed by atoms with Crippen LogP contribution in [-0.4, -0.2) is 48.8 Å². The summed E-state index contributed by atoms with van der Waals surface area (Å²) in [4.78, 5) is 16.6. The van der Waals surface area contributed by atoms with Gasteiger partial charge in [-0.2, -0.15) is 0 Å². The molecule has 29 heavy (non-hydrogen) atoms. The molecule has 1 amide bonds. The average Bonchev–Trinajstić information content (AvgIpc) is 3.10. The van der Waals surface area contributed by atoms with E-state index in [2.05, 4.69) is 4.98 Å². The number of hydrogen-bond donors (Lipinski definition) is 1. The van der Waals surface area contributed by atoms with E-state index in [1.807, 2.05) is 0 Å². The topological polar surface area (TPSA) is 101 Å². The number of fused-ring (bicyclic) bond motifs is 1. The van der Waals surface area contributed by atoms with Crippen molar-refractivity contribution in [3.05, 3.63) is 48.1 Å². The van der Waals surface area contributed by atoms with Crippen LogP contribution in [0.15, 0.2) is 45.7 Å². The molecule has 152 valence electrons. The molecule has 0 saturated carbocycles. The van der Waals surface area contributed by atoms with Gasteiger partial charge in [-0.05, 0) is 48.2 Å². The minimum atomic E-state index is -3.63. The lowest BCUT2D eigenvalue weighted by atomic mass is 9.97. The highest BCUT2D eigenvalue weighted by molar-refractivity contribution is 7.90. The Morgan fingerprint density at radius 2 is 1.83 bits per heavy atom. The van der Waals surface area contributed by atoms with Gasteiger partial charge in [0.15, 0.2) is 21.3 Å². The normalized spacial score (nSPS) is 15.7. The number of rotatable bonds is 3. The van der Waals surface area contributed by atoms with Crippen LogP contribution in [0.1, 0.15) is 24.7 Å². The predicted molar refractivity (Wildman–Crippen MR) is 104 cm³/mol. The van der Waals surface area contributed by atoms with Crippen molar-refractivity contribution < 1.29 is 27.1 Å². The van der Waals surface area contributed by atoms with Gasteiger partial charge in [0, 0.05) is 25.3 Å². The van der Waals surface area contributed by atoms with E-state index in [9.17, 15) is 17.6 Å².